The lowest BCUT2D eigenvalue weighted by molar-refractivity contribution is 0.147. The van der Waals surface area contributed by atoms with E-state index in [2.05, 4.69) is 32.9 Å². The Kier molecular flexibility index (Phi) is 5.91. The van der Waals surface area contributed by atoms with Gasteiger partial charge < -0.3 is 10.0 Å². The number of halogens is 1. The number of hydrogen-bond donors (Lipinski definition) is 1. The van der Waals surface area contributed by atoms with Gasteiger partial charge in [-0.25, -0.2) is 0 Å². The zero-order valence-electron chi connectivity index (χ0n) is 12.5. The summed E-state index contributed by atoms with van der Waals surface area (Å²) in [5.74, 6) is 0. The number of nitrogens with zero attached hydrogens (tertiary/aromatic N) is 2. The van der Waals surface area contributed by atoms with E-state index in [1.54, 1.807) is 0 Å². The fraction of sp³-hybridized carbons (Fsp3) is 0.353. The van der Waals surface area contributed by atoms with Crippen LogP contribution in [-0.4, -0.2) is 28.6 Å². The lowest BCUT2D eigenvalue weighted by atomic mass is 10.1. The summed E-state index contributed by atoms with van der Waals surface area (Å²) in [6.07, 6.45) is 0.272. The quantitative estimate of drug-likeness (QED) is 0.864. The summed E-state index contributed by atoms with van der Waals surface area (Å²) >= 11 is 3.43. The summed E-state index contributed by atoms with van der Waals surface area (Å²) in [5, 5.41) is 10.2. The van der Waals surface area contributed by atoms with Crippen molar-refractivity contribution in [3.63, 3.8) is 0 Å². The molecule has 0 aliphatic rings. The first kappa shape index (κ1) is 16.1. The highest BCUT2D eigenvalue weighted by atomic mass is 79.9. The Labute approximate surface area is 134 Å². The molecule has 2 rings (SSSR count). The molecule has 1 aromatic heterocycles. The predicted molar refractivity (Wildman–Crippen MR) is 89.0 cm³/mol. The molecule has 0 saturated carbocycles. The van der Waals surface area contributed by atoms with E-state index in [1.807, 2.05) is 49.4 Å². The van der Waals surface area contributed by atoms with Crippen LogP contribution in [0.1, 0.15) is 29.5 Å². The summed E-state index contributed by atoms with van der Waals surface area (Å²) in [5.41, 5.74) is 3.05. The fourth-order valence-electron chi connectivity index (χ4n) is 2.27. The van der Waals surface area contributed by atoms with Crippen LogP contribution in [0.4, 0.5) is 0 Å². The van der Waals surface area contributed by atoms with Gasteiger partial charge in [-0.05, 0) is 50.2 Å². The van der Waals surface area contributed by atoms with Crippen molar-refractivity contribution in [1.29, 1.82) is 0 Å². The number of benzene rings is 1. The number of aromatic nitrogens is 1. The number of aliphatic hydroxyl groups is 1. The summed E-state index contributed by atoms with van der Waals surface area (Å²) in [7, 11) is 2.05. The van der Waals surface area contributed by atoms with Crippen LogP contribution in [0.2, 0.25) is 0 Å². The van der Waals surface area contributed by atoms with Gasteiger partial charge >= 0.3 is 0 Å². The van der Waals surface area contributed by atoms with Crippen molar-refractivity contribution in [2.24, 2.45) is 0 Å². The second kappa shape index (κ2) is 7.69. The van der Waals surface area contributed by atoms with E-state index < -0.39 is 6.10 Å². The number of aliphatic hydroxyl groups excluding tert-OH is 1. The van der Waals surface area contributed by atoms with E-state index in [-0.39, 0.29) is 0 Å². The summed E-state index contributed by atoms with van der Waals surface area (Å²) < 4.78 is 0.997. The maximum atomic E-state index is 10.2. The van der Waals surface area contributed by atoms with Gasteiger partial charge in [0.1, 0.15) is 0 Å². The Morgan fingerprint density at radius 3 is 2.71 bits per heavy atom. The monoisotopic (exact) mass is 348 g/mol. The first-order chi connectivity index (χ1) is 10.0. The maximum absolute atomic E-state index is 10.2. The second-order valence-electron chi connectivity index (χ2n) is 5.37. The van der Waals surface area contributed by atoms with Crippen molar-refractivity contribution in [3.05, 3.63) is 63.9 Å². The molecule has 3 nitrogen and oxygen atoms in total. The SMILES string of the molecule is Cc1cccc(CN(C)CCC(O)c2cccc(Br)c2)n1. The number of hydrogen-bond acceptors (Lipinski definition) is 3. The van der Waals surface area contributed by atoms with Crippen LogP contribution >= 0.6 is 15.9 Å². The molecular formula is C17H21BrN2O. The lowest BCUT2D eigenvalue weighted by Crippen LogP contribution is -2.21. The van der Waals surface area contributed by atoms with Crippen LogP contribution in [0.5, 0.6) is 0 Å². The van der Waals surface area contributed by atoms with Crippen LogP contribution in [0.3, 0.4) is 0 Å². The van der Waals surface area contributed by atoms with Crippen LogP contribution in [0.25, 0.3) is 0 Å². The minimum Gasteiger partial charge on any atom is -0.388 e. The van der Waals surface area contributed by atoms with E-state index in [4.69, 9.17) is 0 Å². The molecule has 0 spiro atoms. The maximum Gasteiger partial charge on any atom is 0.0802 e. The van der Waals surface area contributed by atoms with Crippen molar-refractivity contribution >= 4 is 15.9 Å². The Hall–Kier alpha value is -1.23. The van der Waals surface area contributed by atoms with Gasteiger partial charge in [0.05, 0.1) is 11.8 Å². The first-order valence-corrected chi connectivity index (χ1v) is 7.88. The van der Waals surface area contributed by atoms with Gasteiger partial charge in [-0.15, -0.1) is 0 Å². The van der Waals surface area contributed by atoms with Crippen LogP contribution in [0.15, 0.2) is 46.9 Å². The van der Waals surface area contributed by atoms with Gasteiger partial charge in [-0.2, -0.15) is 0 Å². The van der Waals surface area contributed by atoms with Gasteiger partial charge in [0.25, 0.3) is 0 Å². The van der Waals surface area contributed by atoms with E-state index in [0.29, 0.717) is 6.42 Å². The van der Waals surface area contributed by atoms with E-state index >= 15 is 0 Å². The smallest absolute Gasteiger partial charge is 0.0802 e. The molecule has 1 atom stereocenters. The largest absolute Gasteiger partial charge is 0.388 e. The van der Waals surface area contributed by atoms with Crippen LogP contribution < -0.4 is 0 Å². The van der Waals surface area contributed by atoms with Gasteiger partial charge in [0.15, 0.2) is 0 Å². The molecule has 4 heteroatoms. The number of rotatable bonds is 6. The molecule has 21 heavy (non-hydrogen) atoms. The molecule has 0 bridgehead atoms. The Bertz CT molecular complexity index is 589. The molecule has 2 aromatic rings. The minimum absolute atomic E-state index is 0.435. The number of pyridine rings is 1. The topological polar surface area (TPSA) is 36.4 Å². The standard InChI is InChI=1S/C17H21BrN2O/c1-13-5-3-8-16(19-13)12-20(2)10-9-17(21)14-6-4-7-15(18)11-14/h3-8,11,17,21H,9-10,12H2,1-2H3. The molecular weight excluding hydrogens is 328 g/mol. The third-order valence-corrected chi connectivity index (χ3v) is 3.89. The molecule has 1 aromatic carbocycles. The molecule has 0 radical (unpaired) electrons. The zero-order valence-corrected chi connectivity index (χ0v) is 14.0. The zero-order chi connectivity index (χ0) is 15.2. The number of aryl methyl sites for hydroxylation is 1. The average Bonchev–Trinajstić information content (AvgIpc) is 2.45. The van der Waals surface area contributed by atoms with Crippen molar-refractivity contribution < 1.29 is 5.11 Å². The van der Waals surface area contributed by atoms with Gasteiger partial charge in [-0.3, -0.25) is 4.98 Å². The molecule has 1 unspecified atom stereocenters. The predicted octanol–water partition coefficient (Wildman–Crippen LogP) is 3.71. The van der Waals surface area contributed by atoms with Crippen molar-refractivity contribution in [2.45, 2.75) is 26.0 Å². The van der Waals surface area contributed by atoms with E-state index in [9.17, 15) is 5.11 Å². The summed E-state index contributed by atoms with van der Waals surface area (Å²) in [4.78, 5) is 6.68. The summed E-state index contributed by atoms with van der Waals surface area (Å²) in [6, 6.07) is 13.9. The Balaban J connectivity index is 1.85. The molecule has 1 heterocycles. The van der Waals surface area contributed by atoms with Gasteiger partial charge in [-0.1, -0.05) is 34.1 Å². The van der Waals surface area contributed by atoms with Crippen molar-refractivity contribution in [1.82, 2.24) is 9.88 Å². The van der Waals surface area contributed by atoms with Gasteiger partial charge in [0, 0.05) is 23.3 Å². The van der Waals surface area contributed by atoms with Crippen LogP contribution in [0, 0.1) is 6.92 Å². The third kappa shape index (κ3) is 5.23. The Morgan fingerprint density at radius 2 is 2.00 bits per heavy atom. The van der Waals surface area contributed by atoms with E-state index in [0.717, 1.165) is 34.5 Å². The highest BCUT2D eigenvalue weighted by Gasteiger charge is 2.10. The average molecular weight is 349 g/mol. The molecule has 0 saturated heterocycles. The highest BCUT2D eigenvalue weighted by molar-refractivity contribution is 9.10. The molecule has 0 amide bonds. The van der Waals surface area contributed by atoms with Crippen molar-refractivity contribution in [3.8, 4) is 0 Å². The molecule has 0 aliphatic heterocycles. The fourth-order valence-corrected chi connectivity index (χ4v) is 2.68. The minimum atomic E-state index is -0.435. The van der Waals surface area contributed by atoms with E-state index in [1.165, 1.54) is 0 Å². The Morgan fingerprint density at radius 1 is 1.24 bits per heavy atom. The molecule has 0 fully saturated rings. The lowest BCUT2D eigenvalue weighted by Gasteiger charge is -2.19. The van der Waals surface area contributed by atoms with Crippen LogP contribution in [-0.2, 0) is 6.54 Å². The summed E-state index contributed by atoms with van der Waals surface area (Å²) in [6.45, 7) is 3.62. The molecule has 112 valence electrons. The van der Waals surface area contributed by atoms with Gasteiger partial charge in [0.2, 0.25) is 0 Å². The third-order valence-electron chi connectivity index (χ3n) is 3.40. The first-order valence-electron chi connectivity index (χ1n) is 7.09. The normalized spacial score (nSPS) is 12.6. The molecule has 1 N–H and O–H groups in total. The van der Waals surface area contributed by atoms with Crippen molar-refractivity contribution in [2.75, 3.05) is 13.6 Å². The second-order valence-corrected chi connectivity index (χ2v) is 6.28. The molecule has 0 aliphatic carbocycles. The highest BCUT2D eigenvalue weighted by Crippen LogP contribution is 2.20.